The summed E-state index contributed by atoms with van der Waals surface area (Å²) in [6.45, 7) is 13.9. The van der Waals surface area contributed by atoms with Crippen molar-refractivity contribution >= 4 is 5.97 Å². The first-order valence-corrected chi connectivity index (χ1v) is 8.64. The van der Waals surface area contributed by atoms with Gasteiger partial charge in [0, 0.05) is 6.42 Å². The van der Waals surface area contributed by atoms with Crippen LogP contribution in [0.25, 0.3) is 0 Å². The highest BCUT2D eigenvalue weighted by Crippen LogP contribution is 2.18. The largest absolute Gasteiger partial charge is 0.497 e. The summed E-state index contributed by atoms with van der Waals surface area (Å²) in [6.07, 6.45) is 2.45. The van der Waals surface area contributed by atoms with E-state index in [-0.39, 0.29) is 24.1 Å². The van der Waals surface area contributed by atoms with Crippen molar-refractivity contribution in [3.8, 4) is 5.75 Å². The molecule has 1 rings (SSSR count). The zero-order valence-corrected chi connectivity index (χ0v) is 15.8. The first-order valence-electron chi connectivity index (χ1n) is 8.64. The van der Waals surface area contributed by atoms with Gasteiger partial charge in [0.2, 0.25) is 0 Å². The Labute approximate surface area is 151 Å². The summed E-state index contributed by atoms with van der Waals surface area (Å²) in [5, 5.41) is 0. The molecule has 0 bridgehead atoms. The van der Waals surface area contributed by atoms with Crippen LogP contribution in [0.3, 0.4) is 0 Å². The molecule has 0 aliphatic heterocycles. The van der Waals surface area contributed by atoms with Gasteiger partial charge in [-0.3, -0.25) is 4.79 Å². The minimum Gasteiger partial charge on any atom is -0.497 e. The number of methoxy groups -OCH3 is 1. The van der Waals surface area contributed by atoms with Gasteiger partial charge in [-0.1, -0.05) is 31.7 Å². The molecule has 0 fully saturated rings. The predicted octanol–water partition coefficient (Wildman–Crippen LogP) is 4.69. The summed E-state index contributed by atoms with van der Waals surface area (Å²) < 4.78 is 16.6. The molecule has 0 spiro atoms. The van der Waals surface area contributed by atoms with Crippen molar-refractivity contribution in [2.75, 3.05) is 7.11 Å². The summed E-state index contributed by atoms with van der Waals surface area (Å²) in [5.41, 5.74) is 1.88. The van der Waals surface area contributed by atoms with E-state index in [1.165, 1.54) is 0 Å². The van der Waals surface area contributed by atoms with E-state index in [0.29, 0.717) is 19.4 Å². The lowest BCUT2D eigenvalue weighted by atomic mass is 10.0. The van der Waals surface area contributed by atoms with E-state index in [9.17, 15) is 4.79 Å². The highest BCUT2D eigenvalue weighted by molar-refractivity contribution is 5.74. The fourth-order valence-corrected chi connectivity index (χ4v) is 2.34. The van der Waals surface area contributed by atoms with Crippen molar-refractivity contribution in [2.24, 2.45) is 5.92 Å². The molecule has 0 saturated heterocycles. The molecule has 0 aromatic heterocycles. The normalized spacial score (nSPS) is 14.2. The van der Waals surface area contributed by atoms with E-state index in [2.05, 4.69) is 13.2 Å². The molecule has 1 aromatic rings. The molecule has 0 heterocycles. The first-order chi connectivity index (χ1) is 11.9. The van der Waals surface area contributed by atoms with Crippen LogP contribution >= 0.6 is 0 Å². The number of hydrogen-bond donors (Lipinski definition) is 0. The molecule has 0 N–H and O–H groups in total. The summed E-state index contributed by atoms with van der Waals surface area (Å²) in [4.78, 5) is 12.2. The second-order valence-corrected chi connectivity index (χ2v) is 6.23. The summed E-state index contributed by atoms with van der Waals surface area (Å²) in [7, 11) is 1.64. The Hall–Kier alpha value is -2.07. The van der Waals surface area contributed by atoms with Gasteiger partial charge < -0.3 is 14.2 Å². The second-order valence-electron chi connectivity index (χ2n) is 6.23. The summed E-state index contributed by atoms with van der Waals surface area (Å²) >= 11 is 0. The molecule has 1 aromatic carbocycles. The Morgan fingerprint density at radius 2 is 1.92 bits per heavy atom. The van der Waals surface area contributed by atoms with Crippen LogP contribution < -0.4 is 4.74 Å². The molecule has 4 heteroatoms. The molecule has 0 saturated carbocycles. The van der Waals surface area contributed by atoms with E-state index < -0.39 is 0 Å². The molecule has 4 nitrogen and oxygen atoms in total. The Bertz CT molecular complexity index is 562. The monoisotopic (exact) mass is 346 g/mol. The highest BCUT2D eigenvalue weighted by Gasteiger charge is 2.22. The van der Waals surface area contributed by atoms with E-state index >= 15 is 0 Å². The Morgan fingerprint density at radius 3 is 2.40 bits per heavy atom. The zero-order chi connectivity index (χ0) is 18.8. The van der Waals surface area contributed by atoms with E-state index in [1.54, 1.807) is 13.2 Å². The standard InChI is InChI=1S/C21H30O4/c1-7-18(8-2)21(22)25-20(15(3)4)13-16(5)24-14-17-9-11-19(23-6)12-10-17/h7,9-12,16,18,20H,1,3,8,13-14H2,2,4-6H3/t16-,18+,20-/m0/s1. The van der Waals surface area contributed by atoms with Gasteiger partial charge in [-0.05, 0) is 43.5 Å². The van der Waals surface area contributed by atoms with Gasteiger partial charge in [0.25, 0.3) is 0 Å². The minimum atomic E-state index is -0.354. The third-order valence-electron chi connectivity index (χ3n) is 4.07. The number of benzene rings is 1. The highest BCUT2D eigenvalue weighted by atomic mass is 16.5. The van der Waals surface area contributed by atoms with Crippen LogP contribution in [0.1, 0.15) is 39.2 Å². The van der Waals surface area contributed by atoms with Crippen molar-refractivity contribution in [1.82, 2.24) is 0 Å². The molecular formula is C21H30O4. The van der Waals surface area contributed by atoms with Gasteiger partial charge in [0.1, 0.15) is 11.9 Å². The van der Waals surface area contributed by atoms with Crippen LogP contribution in [-0.4, -0.2) is 25.3 Å². The van der Waals surface area contributed by atoms with Gasteiger partial charge >= 0.3 is 5.97 Å². The van der Waals surface area contributed by atoms with Crippen LogP contribution in [0.5, 0.6) is 5.75 Å². The van der Waals surface area contributed by atoms with E-state index in [4.69, 9.17) is 14.2 Å². The third-order valence-corrected chi connectivity index (χ3v) is 4.07. The topological polar surface area (TPSA) is 44.8 Å². The molecule has 25 heavy (non-hydrogen) atoms. The predicted molar refractivity (Wildman–Crippen MR) is 101 cm³/mol. The maximum Gasteiger partial charge on any atom is 0.313 e. The number of carbonyl (C=O) groups excluding carboxylic acids is 1. The Balaban J connectivity index is 2.54. The van der Waals surface area contributed by atoms with Crippen LogP contribution in [-0.2, 0) is 20.9 Å². The molecule has 138 valence electrons. The molecule has 0 radical (unpaired) electrons. The average Bonchev–Trinajstić information content (AvgIpc) is 2.60. The zero-order valence-electron chi connectivity index (χ0n) is 15.8. The molecule has 0 amide bonds. The Kier molecular flexibility index (Phi) is 9.00. The quantitative estimate of drug-likeness (QED) is 0.431. The van der Waals surface area contributed by atoms with Gasteiger partial charge in [-0.2, -0.15) is 0 Å². The van der Waals surface area contributed by atoms with Gasteiger partial charge in [-0.15, -0.1) is 6.58 Å². The van der Waals surface area contributed by atoms with Crippen LogP contribution in [0.4, 0.5) is 0 Å². The third kappa shape index (κ3) is 7.14. The minimum absolute atomic E-state index is 0.0691. The fraction of sp³-hybridized carbons (Fsp3) is 0.476. The number of esters is 1. The maximum absolute atomic E-state index is 12.2. The fourth-order valence-electron chi connectivity index (χ4n) is 2.34. The molecule has 0 aliphatic rings. The molecule has 0 unspecified atom stereocenters. The lowest BCUT2D eigenvalue weighted by Gasteiger charge is -2.23. The Morgan fingerprint density at radius 1 is 1.28 bits per heavy atom. The molecule has 0 aliphatic carbocycles. The number of rotatable bonds is 11. The summed E-state index contributed by atoms with van der Waals surface area (Å²) in [5.74, 6) is 0.281. The average molecular weight is 346 g/mol. The van der Waals surface area contributed by atoms with Crippen molar-refractivity contribution in [3.63, 3.8) is 0 Å². The SMILES string of the molecule is C=C[C@H](CC)C(=O)O[C@@H](C[C@H](C)OCc1ccc(OC)cc1)C(=C)C. The van der Waals surface area contributed by atoms with Crippen LogP contribution in [0.15, 0.2) is 49.1 Å². The first kappa shape index (κ1) is 21.0. The van der Waals surface area contributed by atoms with E-state index in [0.717, 1.165) is 16.9 Å². The van der Waals surface area contributed by atoms with Gasteiger partial charge in [0.05, 0.1) is 25.7 Å². The van der Waals surface area contributed by atoms with Gasteiger partial charge in [-0.25, -0.2) is 0 Å². The lowest BCUT2D eigenvalue weighted by Crippen LogP contribution is -2.27. The molecule has 3 atom stereocenters. The van der Waals surface area contributed by atoms with Crippen molar-refractivity contribution in [1.29, 1.82) is 0 Å². The van der Waals surface area contributed by atoms with Crippen molar-refractivity contribution in [3.05, 3.63) is 54.6 Å². The van der Waals surface area contributed by atoms with Gasteiger partial charge in [0.15, 0.2) is 0 Å². The number of carbonyl (C=O) groups is 1. The van der Waals surface area contributed by atoms with Crippen LogP contribution in [0, 0.1) is 5.92 Å². The smallest absolute Gasteiger partial charge is 0.313 e. The second kappa shape index (κ2) is 10.7. The maximum atomic E-state index is 12.2. The lowest BCUT2D eigenvalue weighted by molar-refractivity contribution is -0.152. The van der Waals surface area contributed by atoms with E-state index in [1.807, 2.05) is 45.0 Å². The van der Waals surface area contributed by atoms with Crippen LogP contribution in [0.2, 0.25) is 0 Å². The number of ether oxygens (including phenoxy) is 3. The van der Waals surface area contributed by atoms with Crippen molar-refractivity contribution < 1.29 is 19.0 Å². The van der Waals surface area contributed by atoms with Crippen molar-refractivity contribution in [2.45, 2.75) is 52.4 Å². The number of hydrogen-bond acceptors (Lipinski definition) is 4. The molecular weight excluding hydrogens is 316 g/mol. The summed E-state index contributed by atoms with van der Waals surface area (Å²) in [6, 6.07) is 7.75.